The number of nitrogens with one attached hydrogen (secondary N) is 1. The van der Waals surface area contributed by atoms with Crippen LogP contribution in [0.1, 0.15) is 30.9 Å². The Morgan fingerprint density at radius 2 is 2.19 bits per heavy atom. The third kappa shape index (κ3) is 2.53. The molecule has 0 aromatic heterocycles. The topological polar surface area (TPSA) is 38.0 Å². The highest BCUT2D eigenvalue weighted by atomic mass is 32.1. The summed E-state index contributed by atoms with van der Waals surface area (Å²) < 4.78 is 0. The molecule has 86 valence electrons. The van der Waals surface area contributed by atoms with E-state index in [-0.39, 0.29) is 0 Å². The summed E-state index contributed by atoms with van der Waals surface area (Å²) in [6.07, 6.45) is 2.72. The Balaban J connectivity index is 2.12. The molecule has 16 heavy (non-hydrogen) atoms. The van der Waals surface area contributed by atoms with Crippen LogP contribution in [0.25, 0.3) is 0 Å². The first kappa shape index (κ1) is 11.4. The number of anilines is 1. The zero-order valence-corrected chi connectivity index (χ0v) is 10.6. The van der Waals surface area contributed by atoms with E-state index in [1.54, 1.807) is 0 Å². The molecule has 0 amide bonds. The molecular weight excluding hydrogens is 216 g/mol. The lowest BCUT2D eigenvalue weighted by Crippen LogP contribution is -2.18. The van der Waals surface area contributed by atoms with Crippen LogP contribution in [0.15, 0.2) is 18.2 Å². The highest BCUT2D eigenvalue weighted by Crippen LogP contribution is 2.34. The second-order valence-electron chi connectivity index (χ2n) is 4.66. The van der Waals surface area contributed by atoms with Gasteiger partial charge in [0.25, 0.3) is 0 Å². The monoisotopic (exact) mass is 234 g/mol. The molecule has 0 spiro atoms. The van der Waals surface area contributed by atoms with Gasteiger partial charge in [0.15, 0.2) is 0 Å². The Labute approximate surface area is 102 Å². The van der Waals surface area contributed by atoms with E-state index in [0.29, 0.717) is 11.0 Å². The summed E-state index contributed by atoms with van der Waals surface area (Å²) in [4.78, 5) is 0.463. The lowest BCUT2D eigenvalue weighted by atomic mass is 10.1. The van der Waals surface area contributed by atoms with Crippen LogP contribution in [0.4, 0.5) is 5.69 Å². The van der Waals surface area contributed by atoms with E-state index in [0.717, 1.165) is 11.5 Å². The maximum absolute atomic E-state index is 5.60. The second kappa shape index (κ2) is 4.42. The minimum absolute atomic E-state index is 0.463. The van der Waals surface area contributed by atoms with Gasteiger partial charge in [-0.25, -0.2) is 0 Å². The maximum atomic E-state index is 5.60. The summed E-state index contributed by atoms with van der Waals surface area (Å²) in [5, 5.41) is 3.55. The molecule has 2 nitrogen and oxygen atoms in total. The van der Waals surface area contributed by atoms with E-state index in [4.69, 9.17) is 18.0 Å². The van der Waals surface area contributed by atoms with Crippen molar-refractivity contribution in [3.05, 3.63) is 29.3 Å². The standard InChI is InChI=1S/C13H18N2S/c1-8-7-11(13(14)16)5-6-12(8)15-9(2)10-3-4-10/h5-7,9-10,15H,3-4H2,1-2H3,(H2,14,16). The largest absolute Gasteiger partial charge is 0.389 e. The van der Waals surface area contributed by atoms with Crippen LogP contribution in [0.5, 0.6) is 0 Å². The summed E-state index contributed by atoms with van der Waals surface area (Å²) in [5.41, 5.74) is 8.95. The van der Waals surface area contributed by atoms with E-state index >= 15 is 0 Å². The van der Waals surface area contributed by atoms with Crippen LogP contribution in [0, 0.1) is 12.8 Å². The van der Waals surface area contributed by atoms with Gasteiger partial charge in [0.1, 0.15) is 4.99 Å². The first-order valence-electron chi connectivity index (χ1n) is 5.75. The fourth-order valence-corrected chi connectivity index (χ4v) is 2.07. The zero-order chi connectivity index (χ0) is 11.7. The molecule has 1 fully saturated rings. The Bertz CT molecular complexity index is 410. The fourth-order valence-electron chi connectivity index (χ4n) is 1.94. The molecule has 0 saturated heterocycles. The van der Waals surface area contributed by atoms with Gasteiger partial charge in [-0.1, -0.05) is 12.2 Å². The number of benzene rings is 1. The van der Waals surface area contributed by atoms with Crippen molar-refractivity contribution in [1.29, 1.82) is 0 Å². The van der Waals surface area contributed by atoms with Gasteiger partial charge in [-0.3, -0.25) is 0 Å². The molecule has 1 aliphatic rings. The van der Waals surface area contributed by atoms with E-state index in [1.165, 1.54) is 24.1 Å². The quantitative estimate of drug-likeness (QED) is 0.787. The van der Waals surface area contributed by atoms with E-state index in [1.807, 2.05) is 12.1 Å². The zero-order valence-electron chi connectivity index (χ0n) is 9.79. The van der Waals surface area contributed by atoms with Gasteiger partial charge in [0.2, 0.25) is 0 Å². The van der Waals surface area contributed by atoms with E-state index in [9.17, 15) is 0 Å². The smallest absolute Gasteiger partial charge is 0.103 e. The van der Waals surface area contributed by atoms with Crippen LogP contribution in [-0.4, -0.2) is 11.0 Å². The number of rotatable bonds is 4. The number of thiocarbonyl (C=S) groups is 1. The number of hydrogen-bond acceptors (Lipinski definition) is 2. The minimum atomic E-state index is 0.463. The fraction of sp³-hybridized carbons (Fsp3) is 0.462. The van der Waals surface area contributed by atoms with Crippen molar-refractivity contribution in [2.75, 3.05) is 5.32 Å². The van der Waals surface area contributed by atoms with E-state index in [2.05, 4.69) is 25.2 Å². The van der Waals surface area contributed by atoms with Gasteiger partial charge >= 0.3 is 0 Å². The Morgan fingerprint density at radius 3 is 2.69 bits per heavy atom. The minimum Gasteiger partial charge on any atom is -0.389 e. The Morgan fingerprint density at radius 1 is 1.50 bits per heavy atom. The average molecular weight is 234 g/mol. The number of hydrogen-bond donors (Lipinski definition) is 2. The highest BCUT2D eigenvalue weighted by Gasteiger charge is 2.27. The average Bonchev–Trinajstić information content (AvgIpc) is 3.03. The van der Waals surface area contributed by atoms with Crippen molar-refractivity contribution in [3.63, 3.8) is 0 Å². The van der Waals surface area contributed by atoms with Gasteiger partial charge in [0.05, 0.1) is 0 Å². The van der Waals surface area contributed by atoms with Gasteiger partial charge in [0, 0.05) is 17.3 Å². The van der Waals surface area contributed by atoms with Gasteiger partial charge in [-0.05, 0) is 56.4 Å². The van der Waals surface area contributed by atoms with Crippen molar-refractivity contribution in [2.45, 2.75) is 32.7 Å². The first-order chi connectivity index (χ1) is 7.58. The van der Waals surface area contributed by atoms with Crippen molar-refractivity contribution in [3.8, 4) is 0 Å². The van der Waals surface area contributed by atoms with Gasteiger partial charge in [-0.2, -0.15) is 0 Å². The van der Waals surface area contributed by atoms with Crippen LogP contribution < -0.4 is 11.1 Å². The third-order valence-corrected chi connectivity index (χ3v) is 3.46. The van der Waals surface area contributed by atoms with Crippen molar-refractivity contribution in [2.24, 2.45) is 11.7 Å². The summed E-state index contributed by atoms with van der Waals surface area (Å²) in [6.45, 7) is 4.34. The molecule has 0 aliphatic heterocycles. The van der Waals surface area contributed by atoms with E-state index < -0.39 is 0 Å². The Kier molecular flexibility index (Phi) is 3.15. The second-order valence-corrected chi connectivity index (χ2v) is 5.10. The number of aryl methyl sites for hydroxylation is 1. The predicted octanol–water partition coefficient (Wildman–Crippen LogP) is 2.84. The lowest BCUT2D eigenvalue weighted by Gasteiger charge is -2.17. The SMILES string of the molecule is Cc1cc(C(N)=S)ccc1NC(C)C1CC1. The molecule has 0 heterocycles. The number of nitrogens with two attached hydrogens (primary N) is 1. The van der Waals surface area contributed by atoms with Crippen LogP contribution in [0.2, 0.25) is 0 Å². The first-order valence-corrected chi connectivity index (χ1v) is 6.15. The van der Waals surface area contributed by atoms with Crippen LogP contribution in [-0.2, 0) is 0 Å². The maximum Gasteiger partial charge on any atom is 0.103 e. The van der Waals surface area contributed by atoms with Crippen LogP contribution in [0.3, 0.4) is 0 Å². The molecule has 3 heteroatoms. The summed E-state index contributed by atoms with van der Waals surface area (Å²) in [5.74, 6) is 0.856. The van der Waals surface area contributed by atoms with Crippen LogP contribution >= 0.6 is 12.2 Å². The molecule has 2 rings (SSSR count). The molecule has 1 unspecified atom stereocenters. The molecule has 1 atom stereocenters. The predicted molar refractivity (Wildman–Crippen MR) is 72.9 cm³/mol. The molecule has 0 bridgehead atoms. The molecule has 3 N–H and O–H groups in total. The summed E-state index contributed by atoms with van der Waals surface area (Å²) in [7, 11) is 0. The molecule has 0 radical (unpaired) electrons. The molecule has 1 aromatic rings. The molecule has 1 aromatic carbocycles. The van der Waals surface area contributed by atoms with Gasteiger partial charge in [-0.15, -0.1) is 0 Å². The van der Waals surface area contributed by atoms with Crippen molar-refractivity contribution >= 4 is 22.9 Å². The molecular formula is C13H18N2S. The van der Waals surface area contributed by atoms with Gasteiger partial charge < -0.3 is 11.1 Å². The lowest BCUT2D eigenvalue weighted by molar-refractivity contribution is 0.693. The summed E-state index contributed by atoms with van der Waals surface area (Å²) >= 11 is 4.96. The Hall–Kier alpha value is -1.09. The third-order valence-electron chi connectivity index (χ3n) is 3.22. The normalized spacial score (nSPS) is 16.9. The summed E-state index contributed by atoms with van der Waals surface area (Å²) in [6, 6.07) is 6.67. The van der Waals surface area contributed by atoms with Crippen molar-refractivity contribution in [1.82, 2.24) is 0 Å². The van der Waals surface area contributed by atoms with Crippen molar-refractivity contribution < 1.29 is 0 Å². The molecule has 1 aliphatic carbocycles. The highest BCUT2D eigenvalue weighted by molar-refractivity contribution is 7.80. The molecule has 1 saturated carbocycles.